The molecule has 5 heteroatoms. The monoisotopic (exact) mass is 268 g/mol. The van der Waals surface area contributed by atoms with Gasteiger partial charge in [0.2, 0.25) is 0 Å². The summed E-state index contributed by atoms with van der Waals surface area (Å²) in [7, 11) is 0. The number of hydrogen-bond donors (Lipinski definition) is 3. The van der Waals surface area contributed by atoms with E-state index in [0.29, 0.717) is 0 Å². The number of aromatic hydroxyl groups is 1. The van der Waals surface area contributed by atoms with Gasteiger partial charge in [-0.2, -0.15) is 0 Å². The van der Waals surface area contributed by atoms with E-state index < -0.39 is 0 Å². The van der Waals surface area contributed by atoms with Gasteiger partial charge in [0.05, 0.1) is 5.56 Å². The Bertz CT molecular complexity index is 639. The van der Waals surface area contributed by atoms with Crippen LogP contribution in [0.4, 0.5) is 11.5 Å². The van der Waals surface area contributed by atoms with Crippen LogP contribution >= 0.6 is 0 Å². The van der Waals surface area contributed by atoms with Gasteiger partial charge in [0.15, 0.2) is 0 Å². The van der Waals surface area contributed by atoms with E-state index in [9.17, 15) is 5.11 Å². The molecule has 1 aromatic heterocycles. The number of rotatable bonds is 3. The Morgan fingerprint density at radius 1 is 1.20 bits per heavy atom. The summed E-state index contributed by atoms with van der Waals surface area (Å²) in [5.41, 5.74) is 1.73. The van der Waals surface area contributed by atoms with E-state index in [-0.39, 0.29) is 5.75 Å². The van der Waals surface area contributed by atoms with Crippen LogP contribution in [0.3, 0.4) is 0 Å². The average Bonchev–Trinajstić information content (AvgIpc) is 2.49. The van der Waals surface area contributed by atoms with Crippen molar-refractivity contribution in [1.82, 2.24) is 10.3 Å². The summed E-state index contributed by atoms with van der Waals surface area (Å²) in [6.07, 6.45) is 2.79. The third-order valence-corrected chi connectivity index (χ3v) is 3.07. The molecule has 3 N–H and O–H groups in total. The van der Waals surface area contributed by atoms with Crippen LogP contribution in [0.5, 0.6) is 5.75 Å². The number of amidine groups is 1. The second kappa shape index (κ2) is 5.61. The van der Waals surface area contributed by atoms with E-state index in [1.165, 1.54) is 0 Å². The van der Waals surface area contributed by atoms with Gasteiger partial charge in [0.1, 0.15) is 17.4 Å². The second-order valence-corrected chi connectivity index (χ2v) is 4.59. The molecule has 0 amide bonds. The Morgan fingerprint density at radius 2 is 2.15 bits per heavy atom. The molecule has 0 aliphatic carbocycles. The van der Waals surface area contributed by atoms with Gasteiger partial charge in [0.25, 0.3) is 0 Å². The summed E-state index contributed by atoms with van der Waals surface area (Å²) in [6.45, 7) is 1.77. The van der Waals surface area contributed by atoms with Gasteiger partial charge in [-0.05, 0) is 30.7 Å². The standard InChI is InChI=1S/C15H16N4O/c20-12-5-1-4-11(10-12)19-15-13(6-2-7-18-15)14-16-8-3-9-17-14/h1-2,4-7,10,20H,3,8-9H2,(H,16,17)(H,18,19). The van der Waals surface area contributed by atoms with Gasteiger partial charge in [-0.1, -0.05) is 6.07 Å². The molecule has 0 bridgehead atoms. The molecular weight excluding hydrogens is 252 g/mol. The zero-order valence-electron chi connectivity index (χ0n) is 11.0. The fourth-order valence-electron chi connectivity index (χ4n) is 2.13. The van der Waals surface area contributed by atoms with Gasteiger partial charge >= 0.3 is 0 Å². The molecule has 0 saturated heterocycles. The van der Waals surface area contributed by atoms with Gasteiger partial charge < -0.3 is 15.7 Å². The number of phenolic OH excluding ortho intramolecular Hbond substituents is 1. The minimum Gasteiger partial charge on any atom is -0.508 e. The minimum absolute atomic E-state index is 0.223. The van der Waals surface area contributed by atoms with Crippen LogP contribution in [0, 0.1) is 0 Å². The summed E-state index contributed by atoms with van der Waals surface area (Å²) in [5, 5.41) is 16.0. The highest BCUT2D eigenvalue weighted by atomic mass is 16.3. The fourth-order valence-corrected chi connectivity index (χ4v) is 2.13. The van der Waals surface area contributed by atoms with E-state index >= 15 is 0 Å². The molecule has 0 atom stereocenters. The lowest BCUT2D eigenvalue weighted by atomic mass is 10.2. The third kappa shape index (κ3) is 2.71. The summed E-state index contributed by atoms with van der Waals surface area (Å²) in [6, 6.07) is 10.8. The number of hydrogen-bond acceptors (Lipinski definition) is 5. The number of benzene rings is 1. The maximum Gasteiger partial charge on any atom is 0.141 e. The molecule has 3 rings (SSSR count). The largest absolute Gasteiger partial charge is 0.508 e. The minimum atomic E-state index is 0.223. The van der Waals surface area contributed by atoms with Gasteiger partial charge in [-0.15, -0.1) is 0 Å². The normalized spacial score (nSPS) is 14.3. The quantitative estimate of drug-likeness (QED) is 0.798. The van der Waals surface area contributed by atoms with Gasteiger partial charge in [-0.25, -0.2) is 4.98 Å². The van der Waals surface area contributed by atoms with E-state index in [1.807, 2.05) is 18.2 Å². The predicted octanol–water partition coefficient (Wildman–Crippen LogP) is 2.27. The van der Waals surface area contributed by atoms with E-state index in [4.69, 9.17) is 0 Å². The fraction of sp³-hybridized carbons (Fsp3) is 0.200. The Balaban J connectivity index is 1.92. The van der Waals surface area contributed by atoms with Crippen LogP contribution in [0.25, 0.3) is 0 Å². The van der Waals surface area contributed by atoms with Crippen molar-refractivity contribution in [3.63, 3.8) is 0 Å². The zero-order chi connectivity index (χ0) is 13.8. The summed E-state index contributed by atoms with van der Waals surface area (Å²) in [4.78, 5) is 8.86. The van der Waals surface area contributed by atoms with Crippen LogP contribution in [-0.2, 0) is 0 Å². The Morgan fingerprint density at radius 3 is 2.95 bits per heavy atom. The maximum atomic E-state index is 9.51. The summed E-state index contributed by atoms with van der Waals surface area (Å²) >= 11 is 0. The predicted molar refractivity (Wildman–Crippen MR) is 79.7 cm³/mol. The van der Waals surface area contributed by atoms with Crippen LogP contribution in [0.1, 0.15) is 12.0 Å². The zero-order valence-corrected chi connectivity index (χ0v) is 11.0. The van der Waals surface area contributed by atoms with Gasteiger partial charge in [-0.3, -0.25) is 4.99 Å². The molecule has 2 heterocycles. The number of aliphatic imine (C=N–C) groups is 1. The SMILES string of the molecule is Oc1cccc(Nc2ncccc2C2=NCCCN2)c1. The maximum absolute atomic E-state index is 9.51. The first-order chi connectivity index (χ1) is 9.83. The lowest BCUT2D eigenvalue weighted by molar-refractivity contribution is 0.475. The highest BCUT2D eigenvalue weighted by Crippen LogP contribution is 2.22. The van der Waals surface area contributed by atoms with Crippen LogP contribution in [-0.4, -0.2) is 29.0 Å². The highest BCUT2D eigenvalue weighted by molar-refractivity contribution is 6.03. The van der Waals surface area contributed by atoms with Gasteiger partial charge in [0, 0.05) is 31.0 Å². The molecule has 5 nitrogen and oxygen atoms in total. The number of anilines is 2. The molecule has 2 aromatic rings. The van der Waals surface area contributed by atoms with Crippen molar-refractivity contribution in [2.45, 2.75) is 6.42 Å². The number of nitrogens with one attached hydrogen (secondary N) is 2. The molecule has 20 heavy (non-hydrogen) atoms. The molecule has 102 valence electrons. The Kier molecular flexibility index (Phi) is 3.50. The van der Waals surface area contributed by atoms with Crippen molar-refractivity contribution in [2.24, 2.45) is 4.99 Å². The molecule has 1 aliphatic rings. The number of nitrogens with zero attached hydrogens (tertiary/aromatic N) is 2. The second-order valence-electron chi connectivity index (χ2n) is 4.59. The molecule has 0 fully saturated rings. The molecule has 0 spiro atoms. The molecule has 0 unspecified atom stereocenters. The highest BCUT2D eigenvalue weighted by Gasteiger charge is 2.12. The topological polar surface area (TPSA) is 69.5 Å². The van der Waals surface area contributed by atoms with Crippen molar-refractivity contribution < 1.29 is 5.11 Å². The lowest BCUT2D eigenvalue weighted by Crippen LogP contribution is -2.30. The van der Waals surface area contributed by atoms with Crippen LogP contribution in [0.2, 0.25) is 0 Å². The van der Waals surface area contributed by atoms with E-state index in [0.717, 1.165) is 42.4 Å². The molecular formula is C15H16N4O. The van der Waals surface area contributed by atoms with Crippen molar-refractivity contribution in [1.29, 1.82) is 0 Å². The first-order valence-electron chi connectivity index (χ1n) is 6.63. The number of pyridine rings is 1. The van der Waals surface area contributed by atoms with E-state index in [1.54, 1.807) is 24.4 Å². The van der Waals surface area contributed by atoms with Crippen LogP contribution in [0.15, 0.2) is 47.6 Å². The lowest BCUT2D eigenvalue weighted by Gasteiger charge is -2.17. The molecule has 0 radical (unpaired) electrons. The van der Waals surface area contributed by atoms with Crippen LogP contribution < -0.4 is 10.6 Å². The Hall–Kier alpha value is -2.56. The third-order valence-electron chi connectivity index (χ3n) is 3.07. The van der Waals surface area contributed by atoms with E-state index in [2.05, 4.69) is 20.6 Å². The first-order valence-corrected chi connectivity index (χ1v) is 6.63. The summed E-state index contributed by atoms with van der Waals surface area (Å²) in [5.74, 6) is 1.82. The molecule has 0 saturated carbocycles. The van der Waals surface area contributed by atoms with Crippen molar-refractivity contribution in [3.05, 3.63) is 48.2 Å². The Labute approximate surface area is 117 Å². The van der Waals surface area contributed by atoms with Crippen molar-refractivity contribution in [3.8, 4) is 5.75 Å². The average molecular weight is 268 g/mol. The first kappa shape index (κ1) is 12.5. The summed E-state index contributed by atoms with van der Waals surface area (Å²) < 4.78 is 0. The molecule has 1 aliphatic heterocycles. The molecule has 1 aromatic carbocycles. The smallest absolute Gasteiger partial charge is 0.141 e. The number of phenols is 1. The van der Waals surface area contributed by atoms with Crippen molar-refractivity contribution >= 4 is 17.3 Å². The number of aromatic nitrogens is 1. The van der Waals surface area contributed by atoms with Crippen molar-refractivity contribution in [2.75, 3.05) is 18.4 Å².